The second-order valence-electron chi connectivity index (χ2n) is 7.33. The molecule has 2 aromatic carbocycles. The summed E-state index contributed by atoms with van der Waals surface area (Å²) < 4.78 is 29.0. The molecule has 0 heterocycles. The van der Waals surface area contributed by atoms with Gasteiger partial charge in [-0.1, -0.05) is 78.3 Å². The minimum Gasteiger partial charge on any atom is -0.287 e. The molecule has 2 aromatic rings. The molecule has 0 aromatic heterocycles. The Bertz CT molecular complexity index is 886. The van der Waals surface area contributed by atoms with Crippen molar-refractivity contribution < 1.29 is 13.2 Å². The number of carbonyl (C=O) groups is 1. The first-order valence-electron chi connectivity index (χ1n) is 8.52. The Kier molecular flexibility index (Phi) is 7.30. The van der Waals surface area contributed by atoms with Crippen molar-refractivity contribution in [2.75, 3.05) is 0 Å². The largest absolute Gasteiger partial charge is 0.287 e. The molecule has 0 saturated heterocycles. The lowest BCUT2D eigenvalue weighted by molar-refractivity contribution is -0.111. The molecule has 4 nitrogen and oxygen atoms in total. The Morgan fingerprint density at radius 3 is 2.15 bits per heavy atom. The fourth-order valence-electron chi connectivity index (χ4n) is 2.45. The molecule has 0 bridgehead atoms. The first kappa shape index (κ1) is 22.1. The molecule has 0 saturated carbocycles. The average molecular weight is 470 g/mol. The number of sulfonamides is 1. The lowest BCUT2D eigenvalue weighted by Crippen LogP contribution is -2.30. The third-order valence-electron chi connectivity index (χ3n) is 3.69. The van der Waals surface area contributed by atoms with Crippen LogP contribution in [0, 0.1) is 6.92 Å². The summed E-state index contributed by atoms with van der Waals surface area (Å²) in [7, 11) is -3.75. The van der Waals surface area contributed by atoms with Gasteiger partial charge in [0.2, 0.25) is 10.0 Å². The van der Waals surface area contributed by atoms with Gasteiger partial charge in [0.05, 0.1) is 10.9 Å². The molecule has 146 valence electrons. The Balaban J connectivity index is 2.30. The number of thioether (sulfide) groups is 1. The van der Waals surface area contributed by atoms with E-state index in [2.05, 4.69) is 20.7 Å². The van der Waals surface area contributed by atoms with Crippen molar-refractivity contribution in [3.8, 4) is 0 Å². The zero-order valence-electron chi connectivity index (χ0n) is 15.8. The maximum absolute atomic E-state index is 12.8. The van der Waals surface area contributed by atoms with E-state index in [9.17, 15) is 13.2 Å². The third kappa shape index (κ3) is 7.07. The number of aryl methyl sites for hydroxylation is 1. The molecule has 0 amide bonds. The van der Waals surface area contributed by atoms with Gasteiger partial charge in [-0.25, -0.2) is 13.1 Å². The van der Waals surface area contributed by atoms with Crippen LogP contribution in [0.1, 0.15) is 44.4 Å². The van der Waals surface area contributed by atoms with Crippen molar-refractivity contribution in [3.63, 3.8) is 0 Å². The summed E-state index contributed by atoms with van der Waals surface area (Å²) in [4.78, 5) is 12.7. The van der Waals surface area contributed by atoms with E-state index in [0.717, 1.165) is 15.6 Å². The van der Waals surface area contributed by atoms with Crippen molar-refractivity contribution >= 4 is 42.8 Å². The standard InChI is InChI=1S/C20H24BrNO3S2/c1-14-5-11-17(12-6-14)27(24,25)22-18(13-19(23)26-20(2,3)4)15-7-9-16(21)10-8-15/h5-12,18,22H,13H2,1-4H3/t18-/m0/s1. The molecule has 1 N–H and O–H groups in total. The number of hydrogen-bond acceptors (Lipinski definition) is 4. The molecule has 0 aliphatic rings. The van der Waals surface area contributed by atoms with E-state index in [1.807, 2.05) is 52.0 Å². The lowest BCUT2D eigenvalue weighted by atomic mass is 10.1. The van der Waals surface area contributed by atoms with E-state index in [0.29, 0.717) is 0 Å². The van der Waals surface area contributed by atoms with E-state index < -0.39 is 16.1 Å². The van der Waals surface area contributed by atoms with Crippen LogP contribution in [-0.2, 0) is 14.8 Å². The van der Waals surface area contributed by atoms with Crippen LogP contribution in [0.3, 0.4) is 0 Å². The zero-order chi connectivity index (χ0) is 20.2. The molecule has 0 aliphatic carbocycles. The van der Waals surface area contributed by atoms with Crippen molar-refractivity contribution in [2.24, 2.45) is 0 Å². The molecule has 0 radical (unpaired) electrons. The third-order valence-corrected chi connectivity index (χ3v) is 6.71. The Labute approximate surface area is 174 Å². The molecule has 1 atom stereocenters. The number of rotatable bonds is 6. The predicted octanol–water partition coefficient (Wildman–Crippen LogP) is 5.23. The molecular formula is C20H24BrNO3S2. The van der Waals surface area contributed by atoms with E-state index >= 15 is 0 Å². The van der Waals surface area contributed by atoms with E-state index in [1.54, 1.807) is 24.3 Å². The maximum Gasteiger partial charge on any atom is 0.241 e. The number of nitrogens with one attached hydrogen (secondary N) is 1. The molecule has 7 heteroatoms. The Morgan fingerprint density at radius 1 is 1.07 bits per heavy atom. The summed E-state index contributed by atoms with van der Waals surface area (Å²) in [5.74, 6) is 0. The monoisotopic (exact) mass is 469 g/mol. The highest BCUT2D eigenvalue weighted by molar-refractivity contribution is 9.10. The average Bonchev–Trinajstić information content (AvgIpc) is 2.53. The summed E-state index contributed by atoms with van der Waals surface area (Å²) in [6, 6.07) is 13.3. The van der Waals surface area contributed by atoms with Gasteiger partial charge in [-0.2, -0.15) is 0 Å². The molecule has 27 heavy (non-hydrogen) atoms. The van der Waals surface area contributed by atoms with Gasteiger partial charge in [0.25, 0.3) is 0 Å². The molecule has 2 rings (SSSR count). The Hall–Kier alpha value is -1.15. The van der Waals surface area contributed by atoms with Crippen LogP contribution in [0.25, 0.3) is 0 Å². The second kappa shape index (κ2) is 8.90. The van der Waals surface area contributed by atoms with Gasteiger partial charge in [-0.3, -0.25) is 4.79 Å². The van der Waals surface area contributed by atoms with Crippen molar-refractivity contribution in [1.29, 1.82) is 0 Å². The molecule has 0 spiro atoms. The highest BCUT2D eigenvalue weighted by Crippen LogP contribution is 2.30. The van der Waals surface area contributed by atoms with Gasteiger partial charge in [-0.15, -0.1) is 0 Å². The van der Waals surface area contributed by atoms with Gasteiger partial charge in [0.15, 0.2) is 5.12 Å². The van der Waals surface area contributed by atoms with Gasteiger partial charge >= 0.3 is 0 Å². The minimum absolute atomic E-state index is 0.0537. The van der Waals surface area contributed by atoms with Crippen LogP contribution in [0.15, 0.2) is 57.9 Å². The lowest BCUT2D eigenvalue weighted by Gasteiger charge is -2.21. The number of hydrogen-bond donors (Lipinski definition) is 1. The maximum atomic E-state index is 12.8. The van der Waals surface area contributed by atoms with Gasteiger partial charge in [-0.05, 0) is 36.8 Å². The Morgan fingerprint density at radius 2 is 1.63 bits per heavy atom. The normalized spacial score (nSPS) is 13.4. The zero-order valence-corrected chi connectivity index (χ0v) is 19.0. The van der Waals surface area contributed by atoms with Crippen LogP contribution in [0.5, 0.6) is 0 Å². The van der Waals surface area contributed by atoms with E-state index in [-0.39, 0.29) is 21.2 Å². The molecule has 0 aliphatic heterocycles. The SMILES string of the molecule is Cc1ccc(S(=O)(=O)N[C@@H](CC(=O)SC(C)(C)C)c2ccc(Br)cc2)cc1. The summed E-state index contributed by atoms with van der Waals surface area (Å²) in [5, 5.41) is -0.0537. The summed E-state index contributed by atoms with van der Waals surface area (Å²) in [6.45, 7) is 7.78. The van der Waals surface area contributed by atoms with E-state index in [4.69, 9.17) is 0 Å². The van der Waals surface area contributed by atoms with Crippen LogP contribution in [0.2, 0.25) is 0 Å². The van der Waals surface area contributed by atoms with Crippen molar-refractivity contribution in [3.05, 3.63) is 64.1 Å². The molecular weight excluding hydrogens is 446 g/mol. The fourth-order valence-corrected chi connectivity index (χ4v) is 4.87. The number of halogens is 1. The van der Waals surface area contributed by atoms with Crippen LogP contribution in [0.4, 0.5) is 0 Å². The van der Waals surface area contributed by atoms with E-state index in [1.165, 1.54) is 11.8 Å². The molecule has 0 unspecified atom stereocenters. The summed E-state index contributed by atoms with van der Waals surface area (Å²) in [5.41, 5.74) is 1.73. The quantitative estimate of drug-likeness (QED) is 0.629. The predicted molar refractivity (Wildman–Crippen MR) is 115 cm³/mol. The smallest absolute Gasteiger partial charge is 0.241 e. The van der Waals surface area contributed by atoms with Crippen molar-refractivity contribution in [2.45, 2.75) is 49.8 Å². The minimum atomic E-state index is -3.75. The van der Waals surface area contributed by atoms with Gasteiger partial charge in [0, 0.05) is 15.6 Å². The summed E-state index contributed by atoms with van der Waals surface area (Å²) >= 11 is 4.60. The number of carbonyl (C=O) groups excluding carboxylic acids is 1. The van der Waals surface area contributed by atoms with Crippen LogP contribution < -0.4 is 4.72 Å². The van der Waals surface area contributed by atoms with Crippen LogP contribution in [-0.4, -0.2) is 18.3 Å². The van der Waals surface area contributed by atoms with Crippen molar-refractivity contribution in [1.82, 2.24) is 4.72 Å². The van der Waals surface area contributed by atoms with Gasteiger partial charge < -0.3 is 0 Å². The first-order chi connectivity index (χ1) is 12.5. The highest BCUT2D eigenvalue weighted by atomic mass is 79.9. The number of benzene rings is 2. The first-order valence-corrected chi connectivity index (χ1v) is 11.6. The summed E-state index contributed by atoms with van der Waals surface area (Å²) in [6.07, 6.45) is 0.0780. The fraction of sp³-hybridized carbons (Fsp3) is 0.350. The molecule has 0 fully saturated rings. The van der Waals surface area contributed by atoms with Crippen LogP contribution >= 0.6 is 27.7 Å². The second-order valence-corrected chi connectivity index (χ2v) is 11.8. The van der Waals surface area contributed by atoms with Gasteiger partial charge in [0.1, 0.15) is 0 Å². The topological polar surface area (TPSA) is 63.2 Å². The highest BCUT2D eigenvalue weighted by Gasteiger charge is 2.26.